The monoisotopic (exact) mass is 547 g/mol. The number of aryl methyl sites for hydroxylation is 2. The van der Waals surface area contributed by atoms with Gasteiger partial charge >= 0.3 is 12.1 Å². The number of carboxylic acid groups (broad SMARTS) is 1. The number of rotatable bonds is 5. The molecule has 40 heavy (non-hydrogen) atoms. The normalized spacial score (nSPS) is 11.9. The Morgan fingerprint density at radius 2 is 1.62 bits per heavy atom. The van der Waals surface area contributed by atoms with Gasteiger partial charge in [-0.05, 0) is 79.1 Å². The molecule has 0 atom stereocenters. The maximum atomic E-state index is 15.5. The third-order valence-electron chi connectivity index (χ3n) is 6.65. The molecule has 2 N–H and O–H groups in total. The molecule has 0 spiro atoms. The zero-order valence-electron chi connectivity index (χ0n) is 21.2. The molecule has 0 radical (unpaired) electrons. The Bertz CT molecular complexity index is 1820. The molecule has 5 aromatic rings. The maximum Gasteiger partial charge on any atom is 0.416 e. The average Bonchev–Trinajstić information content (AvgIpc) is 3.19. The summed E-state index contributed by atoms with van der Waals surface area (Å²) in [6.45, 7) is 3.72. The quantitative estimate of drug-likeness (QED) is 0.170. The Kier molecular flexibility index (Phi) is 6.62. The van der Waals surface area contributed by atoms with Gasteiger partial charge in [-0.25, -0.2) is 9.18 Å². The van der Waals surface area contributed by atoms with Crippen LogP contribution in [0.5, 0.6) is 5.88 Å². The highest BCUT2D eigenvalue weighted by Crippen LogP contribution is 2.44. The van der Waals surface area contributed by atoms with Crippen LogP contribution < -0.4 is 0 Å². The first kappa shape index (κ1) is 26.6. The topological polar surface area (TPSA) is 87.2 Å². The number of hydrogen-bond donors (Lipinski definition) is 2. The molecule has 0 fully saturated rings. The average molecular weight is 548 g/mol. The smallest absolute Gasteiger partial charge is 0.416 e. The van der Waals surface area contributed by atoms with E-state index in [4.69, 9.17) is 0 Å². The summed E-state index contributed by atoms with van der Waals surface area (Å²) in [5.41, 5.74) is 1.39. The minimum absolute atomic E-state index is 0.0220. The van der Waals surface area contributed by atoms with Crippen molar-refractivity contribution < 1.29 is 32.6 Å². The number of halogens is 4. The number of aromatic hydroxyl groups is 1. The number of carbonyl (C=O) groups is 1. The number of fused-ring (bicyclic) bond motifs is 1. The first-order valence-electron chi connectivity index (χ1n) is 12.0. The van der Waals surface area contributed by atoms with Crippen molar-refractivity contribution in [2.75, 3.05) is 0 Å². The minimum atomic E-state index is -4.62. The molecule has 10 heteroatoms. The zero-order valence-corrected chi connectivity index (χ0v) is 21.2. The third-order valence-corrected chi connectivity index (χ3v) is 6.65. The predicted octanol–water partition coefficient (Wildman–Crippen LogP) is 8.89. The van der Waals surface area contributed by atoms with Crippen molar-refractivity contribution in [3.63, 3.8) is 0 Å². The lowest BCUT2D eigenvalue weighted by atomic mass is 10.0. The van der Waals surface area contributed by atoms with Gasteiger partial charge in [0.15, 0.2) is 11.5 Å². The molecule has 6 nitrogen and oxygen atoms in total. The van der Waals surface area contributed by atoms with Crippen LogP contribution in [0, 0.1) is 19.7 Å². The molecule has 0 aliphatic carbocycles. The molecule has 4 aromatic carbocycles. The van der Waals surface area contributed by atoms with Crippen LogP contribution >= 0.6 is 0 Å². The number of hydrogen-bond acceptors (Lipinski definition) is 4. The van der Waals surface area contributed by atoms with Gasteiger partial charge in [0.05, 0.1) is 16.6 Å². The Balaban J connectivity index is 1.65. The molecule has 1 heterocycles. The van der Waals surface area contributed by atoms with Gasteiger partial charge < -0.3 is 10.2 Å². The second kappa shape index (κ2) is 9.96. The van der Waals surface area contributed by atoms with E-state index in [1.807, 2.05) is 13.8 Å². The standard InChI is InChI=1S/C30H21F4N3O3/c1-16-9-11-21(13-17(16)2)37-25-15-20(30(32,33)34)10-12-23(25)27(28(37)38)36-35-24-8-4-7-22(26(24)31)18-5-3-6-19(14-18)29(39)40/h3-15,38H,1-2H3,(H,39,40). The summed E-state index contributed by atoms with van der Waals surface area (Å²) in [6, 6.07) is 18.2. The predicted molar refractivity (Wildman–Crippen MR) is 142 cm³/mol. The molecule has 1 aromatic heterocycles. The second-order valence-electron chi connectivity index (χ2n) is 9.23. The van der Waals surface area contributed by atoms with Crippen molar-refractivity contribution >= 4 is 28.2 Å². The fourth-order valence-corrected chi connectivity index (χ4v) is 4.40. The van der Waals surface area contributed by atoms with Crippen LogP contribution in [0.25, 0.3) is 27.7 Å². The number of nitrogens with zero attached hydrogens (tertiary/aromatic N) is 3. The molecule has 0 amide bonds. The zero-order chi connectivity index (χ0) is 28.8. The highest BCUT2D eigenvalue weighted by atomic mass is 19.4. The Morgan fingerprint density at radius 1 is 0.875 bits per heavy atom. The number of benzene rings is 4. The van der Waals surface area contributed by atoms with E-state index in [9.17, 15) is 28.2 Å². The van der Waals surface area contributed by atoms with Crippen LogP contribution in [-0.2, 0) is 6.18 Å². The first-order valence-corrected chi connectivity index (χ1v) is 12.0. The van der Waals surface area contributed by atoms with Crippen molar-refractivity contribution in [1.82, 2.24) is 4.57 Å². The largest absolute Gasteiger partial charge is 0.493 e. The third kappa shape index (κ3) is 4.79. The van der Waals surface area contributed by atoms with Gasteiger partial charge in [0.25, 0.3) is 0 Å². The van der Waals surface area contributed by atoms with E-state index < -0.39 is 29.4 Å². The lowest BCUT2D eigenvalue weighted by Crippen LogP contribution is -2.05. The van der Waals surface area contributed by atoms with Gasteiger partial charge in [-0.3, -0.25) is 4.57 Å². The maximum absolute atomic E-state index is 15.5. The van der Waals surface area contributed by atoms with E-state index in [1.54, 1.807) is 24.3 Å². The number of aromatic nitrogens is 1. The fraction of sp³-hybridized carbons (Fsp3) is 0.100. The lowest BCUT2D eigenvalue weighted by Gasteiger charge is -2.11. The van der Waals surface area contributed by atoms with E-state index in [1.165, 1.54) is 47.0 Å². The molecule has 0 saturated carbocycles. The highest BCUT2D eigenvalue weighted by molar-refractivity contribution is 5.97. The minimum Gasteiger partial charge on any atom is -0.493 e. The number of carboxylic acids is 1. The summed E-state index contributed by atoms with van der Waals surface area (Å²) < 4.78 is 57.3. The van der Waals surface area contributed by atoms with Crippen LogP contribution in [0.15, 0.2) is 89.1 Å². The van der Waals surface area contributed by atoms with Crippen LogP contribution in [0.2, 0.25) is 0 Å². The molecule has 0 aliphatic rings. The Morgan fingerprint density at radius 3 is 2.33 bits per heavy atom. The summed E-state index contributed by atoms with van der Waals surface area (Å²) in [5.74, 6) is -2.42. The van der Waals surface area contributed by atoms with Crippen molar-refractivity contribution in [3.05, 3.63) is 107 Å². The van der Waals surface area contributed by atoms with Crippen LogP contribution in [0.3, 0.4) is 0 Å². The number of aromatic carboxylic acids is 1. The van der Waals surface area contributed by atoms with Gasteiger partial charge in [-0.15, -0.1) is 10.2 Å². The van der Waals surface area contributed by atoms with E-state index in [0.29, 0.717) is 11.3 Å². The SMILES string of the molecule is Cc1ccc(-n2c(O)c(N=Nc3cccc(-c4cccc(C(=O)O)c4)c3F)c3ccc(C(F)(F)F)cc32)cc1C. The van der Waals surface area contributed by atoms with E-state index >= 15 is 4.39 Å². The summed E-state index contributed by atoms with van der Waals surface area (Å²) >= 11 is 0. The molecule has 0 unspecified atom stereocenters. The van der Waals surface area contributed by atoms with Gasteiger partial charge in [-0.1, -0.05) is 30.3 Å². The van der Waals surface area contributed by atoms with E-state index in [2.05, 4.69) is 10.2 Å². The lowest BCUT2D eigenvalue weighted by molar-refractivity contribution is -0.137. The molecule has 202 valence electrons. The summed E-state index contributed by atoms with van der Waals surface area (Å²) in [6.07, 6.45) is -4.62. The van der Waals surface area contributed by atoms with Gasteiger partial charge in [-0.2, -0.15) is 13.2 Å². The molecular weight excluding hydrogens is 526 g/mol. The van der Waals surface area contributed by atoms with Gasteiger partial charge in [0.2, 0.25) is 5.88 Å². The molecule has 0 bridgehead atoms. The van der Waals surface area contributed by atoms with E-state index in [0.717, 1.165) is 23.3 Å². The van der Waals surface area contributed by atoms with Crippen molar-refractivity contribution in [3.8, 4) is 22.7 Å². The summed E-state index contributed by atoms with van der Waals surface area (Å²) in [5, 5.41) is 28.6. The van der Waals surface area contributed by atoms with Crippen LogP contribution in [-0.4, -0.2) is 20.7 Å². The van der Waals surface area contributed by atoms with Crippen molar-refractivity contribution in [2.45, 2.75) is 20.0 Å². The first-order chi connectivity index (χ1) is 19.0. The highest BCUT2D eigenvalue weighted by Gasteiger charge is 2.32. The number of azo groups is 1. The molecule has 0 aliphatic heterocycles. The van der Waals surface area contributed by atoms with E-state index in [-0.39, 0.29) is 33.4 Å². The van der Waals surface area contributed by atoms with Gasteiger partial charge in [0.1, 0.15) is 5.69 Å². The Labute approximate surface area is 225 Å². The number of alkyl halides is 3. The van der Waals surface area contributed by atoms with Gasteiger partial charge in [0, 0.05) is 16.6 Å². The summed E-state index contributed by atoms with van der Waals surface area (Å²) in [7, 11) is 0. The van der Waals surface area contributed by atoms with Crippen LogP contribution in [0.4, 0.5) is 28.9 Å². The molecule has 0 saturated heterocycles. The Hall–Kier alpha value is -4.99. The van der Waals surface area contributed by atoms with Crippen molar-refractivity contribution in [1.29, 1.82) is 0 Å². The second-order valence-corrected chi connectivity index (χ2v) is 9.23. The fourth-order valence-electron chi connectivity index (χ4n) is 4.40. The molecular formula is C30H21F4N3O3. The van der Waals surface area contributed by atoms with Crippen molar-refractivity contribution in [2.24, 2.45) is 10.2 Å². The summed E-state index contributed by atoms with van der Waals surface area (Å²) in [4.78, 5) is 11.3. The van der Waals surface area contributed by atoms with Crippen LogP contribution in [0.1, 0.15) is 27.0 Å². The molecule has 5 rings (SSSR count).